The summed E-state index contributed by atoms with van der Waals surface area (Å²) in [5, 5.41) is 0. The first kappa shape index (κ1) is 12.8. The molecule has 5 heteroatoms. The predicted octanol–water partition coefficient (Wildman–Crippen LogP) is 4.17. The van der Waals surface area contributed by atoms with E-state index >= 15 is 0 Å². The van der Waals surface area contributed by atoms with Crippen LogP contribution in [0.3, 0.4) is 0 Å². The van der Waals surface area contributed by atoms with Crippen LogP contribution in [-0.4, -0.2) is 14.1 Å². The molecule has 0 nitrogen and oxygen atoms in total. The highest BCUT2D eigenvalue weighted by Crippen LogP contribution is 2.30. The molecule has 0 bridgehead atoms. The molecule has 0 aromatic carbocycles. The fraction of sp³-hybridized carbons (Fsp3) is 0.429. The Balaban J connectivity index is 4.06. The van der Waals surface area contributed by atoms with E-state index < -0.39 is 14.1 Å². The lowest BCUT2D eigenvalue weighted by atomic mass is 10.9. The van der Waals surface area contributed by atoms with Crippen LogP contribution >= 0.6 is 33.2 Å². The second-order valence-corrected chi connectivity index (χ2v) is 16.6. The minimum absolute atomic E-state index is 0.707. The summed E-state index contributed by atoms with van der Waals surface area (Å²) in [7, 11) is -1.50. The van der Waals surface area contributed by atoms with Gasteiger partial charge in [-0.25, -0.2) is 0 Å². The van der Waals surface area contributed by atoms with Crippen molar-refractivity contribution in [3.8, 4) is 0 Å². The molecule has 0 aliphatic heterocycles. The van der Waals surface area contributed by atoms with Gasteiger partial charge in [-0.05, 0) is 12.1 Å². The van der Waals surface area contributed by atoms with Crippen molar-refractivity contribution in [1.82, 2.24) is 0 Å². The average Bonchev–Trinajstić information content (AvgIpc) is 1.99. The molecule has 0 rings (SSSR count). The van der Waals surface area contributed by atoms with Crippen LogP contribution in [0, 0.1) is 0 Å². The van der Waals surface area contributed by atoms with Gasteiger partial charge in [-0.2, -0.15) is 0 Å². The van der Waals surface area contributed by atoms with E-state index in [9.17, 15) is 0 Å². The van der Waals surface area contributed by atoms with Crippen LogP contribution in [0.5, 0.6) is 0 Å². The van der Waals surface area contributed by atoms with Crippen LogP contribution in [0.15, 0.2) is 24.6 Å². The Bertz CT molecular complexity index is 166. The van der Waals surface area contributed by atoms with Crippen molar-refractivity contribution in [3.63, 3.8) is 0 Å². The molecule has 0 aromatic heterocycles. The van der Waals surface area contributed by atoms with E-state index in [1.165, 1.54) is 0 Å². The van der Waals surface area contributed by atoms with Crippen LogP contribution in [0.4, 0.5) is 0 Å². The van der Waals surface area contributed by atoms with Crippen LogP contribution in [0.1, 0.15) is 0 Å². The third kappa shape index (κ3) is 5.43. The van der Waals surface area contributed by atoms with Gasteiger partial charge in [-0.3, -0.25) is 0 Å². The summed E-state index contributed by atoms with van der Waals surface area (Å²) in [5.74, 6) is 0. The molecule has 0 aromatic rings. The van der Waals surface area contributed by atoms with Crippen molar-refractivity contribution < 1.29 is 0 Å². The van der Waals surface area contributed by atoms with Crippen molar-refractivity contribution in [2.24, 2.45) is 0 Å². The second kappa shape index (κ2) is 4.86. The summed E-state index contributed by atoms with van der Waals surface area (Å²) in [6.07, 6.45) is 0. The molecule has 0 radical (unpaired) electrons. The fourth-order valence-electron chi connectivity index (χ4n) is 0.699. The van der Waals surface area contributed by atoms with Gasteiger partial charge in [-0.15, -0.1) is 46.4 Å². The van der Waals surface area contributed by atoms with Crippen molar-refractivity contribution in [2.75, 3.05) is 0 Å². The van der Waals surface area contributed by atoms with Crippen LogP contribution in [0.25, 0.3) is 0 Å². The first-order chi connectivity index (χ1) is 5.33. The molecule has 0 saturated carbocycles. The van der Waals surface area contributed by atoms with E-state index in [0.717, 1.165) is 6.04 Å². The zero-order chi connectivity index (χ0) is 9.83. The van der Waals surface area contributed by atoms with Gasteiger partial charge in [0.2, 0.25) is 0 Å². The van der Waals surface area contributed by atoms with Gasteiger partial charge in [0.15, 0.2) is 0 Å². The molecule has 0 aliphatic rings. The third-order valence-corrected chi connectivity index (χ3v) is 8.09. The standard InChI is InChI=1S/C7H13Cl3Si2/c1-4-11(3,5-2)6-7-12(8,9)10/h4-5H,1-2,6-7H2,3H3. The van der Waals surface area contributed by atoms with Crippen LogP contribution in [0.2, 0.25) is 18.6 Å². The zero-order valence-electron chi connectivity index (χ0n) is 7.12. The Morgan fingerprint density at radius 3 is 1.75 bits per heavy atom. The molecule has 0 unspecified atom stereocenters. The quantitative estimate of drug-likeness (QED) is 0.513. The lowest BCUT2D eigenvalue weighted by molar-refractivity contribution is 1.36. The van der Waals surface area contributed by atoms with Gasteiger partial charge >= 0.3 is 6.00 Å². The maximum Gasteiger partial charge on any atom is 0.341 e. The topological polar surface area (TPSA) is 0 Å². The molecule has 0 aliphatic carbocycles. The normalized spacial score (nSPS) is 12.7. The van der Waals surface area contributed by atoms with Gasteiger partial charge in [0, 0.05) is 0 Å². The monoisotopic (exact) mass is 258 g/mol. The molecule has 0 heterocycles. The highest BCUT2D eigenvalue weighted by atomic mass is 35.8. The number of hydrogen-bond donors (Lipinski definition) is 0. The van der Waals surface area contributed by atoms with Crippen molar-refractivity contribution in [2.45, 2.75) is 18.6 Å². The molecular formula is C7H13Cl3Si2. The van der Waals surface area contributed by atoms with Gasteiger partial charge in [0.1, 0.15) is 0 Å². The Kier molecular flexibility index (Phi) is 5.18. The van der Waals surface area contributed by atoms with Crippen molar-refractivity contribution in [3.05, 3.63) is 24.6 Å². The zero-order valence-corrected chi connectivity index (χ0v) is 11.4. The van der Waals surface area contributed by atoms with E-state index in [1.54, 1.807) is 0 Å². The second-order valence-electron chi connectivity index (χ2n) is 3.03. The lowest BCUT2D eigenvalue weighted by Gasteiger charge is -2.19. The Morgan fingerprint density at radius 1 is 1.08 bits per heavy atom. The highest BCUT2D eigenvalue weighted by molar-refractivity contribution is 7.64. The molecule has 0 atom stereocenters. The molecule has 0 saturated heterocycles. The number of halogens is 3. The largest absolute Gasteiger partial charge is 0.341 e. The Hall–Kier alpha value is 0.784. The summed E-state index contributed by atoms with van der Waals surface area (Å²) in [5.41, 5.74) is 3.95. The molecule has 70 valence electrons. The van der Waals surface area contributed by atoms with Crippen LogP contribution in [-0.2, 0) is 0 Å². The van der Waals surface area contributed by atoms with Crippen LogP contribution < -0.4 is 0 Å². The Morgan fingerprint density at radius 2 is 1.50 bits per heavy atom. The molecule has 0 spiro atoms. The lowest BCUT2D eigenvalue weighted by Crippen LogP contribution is -2.26. The van der Waals surface area contributed by atoms with Gasteiger partial charge < -0.3 is 0 Å². The summed E-state index contributed by atoms with van der Waals surface area (Å²) in [6.45, 7) is 9.73. The average molecular weight is 260 g/mol. The molecule has 0 fully saturated rings. The van der Waals surface area contributed by atoms with Gasteiger partial charge in [0.05, 0.1) is 8.07 Å². The molecule has 12 heavy (non-hydrogen) atoms. The first-order valence-corrected chi connectivity index (χ1v) is 11.8. The summed E-state index contributed by atoms with van der Waals surface area (Å²) in [6, 6.07) is -0.790. The van der Waals surface area contributed by atoms with E-state index in [1.807, 2.05) is 11.4 Å². The number of hydrogen-bond acceptors (Lipinski definition) is 0. The summed E-state index contributed by atoms with van der Waals surface area (Å²) in [4.78, 5) is 0. The predicted molar refractivity (Wildman–Crippen MR) is 64.9 cm³/mol. The van der Waals surface area contributed by atoms with E-state index in [-0.39, 0.29) is 0 Å². The maximum absolute atomic E-state index is 5.78. The number of rotatable bonds is 5. The van der Waals surface area contributed by atoms with E-state index in [4.69, 9.17) is 33.2 Å². The third-order valence-electron chi connectivity index (χ3n) is 1.88. The Labute approximate surface area is 90.3 Å². The minimum atomic E-state index is -2.44. The molecule has 0 N–H and O–H groups in total. The molecular weight excluding hydrogens is 247 g/mol. The summed E-state index contributed by atoms with van der Waals surface area (Å²) < 4.78 is 0. The first-order valence-electron chi connectivity index (χ1n) is 3.67. The van der Waals surface area contributed by atoms with E-state index in [0.29, 0.717) is 6.04 Å². The molecule has 0 amide bonds. The van der Waals surface area contributed by atoms with Crippen molar-refractivity contribution >= 4 is 47.3 Å². The maximum atomic E-state index is 5.78. The summed E-state index contributed by atoms with van der Waals surface area (Å²) >= 11 is 17.3. The van der Waals surface area contributed by atoms with E-state index in [2.05, 4.69) is 19.7 Å². The fourth-order valence-corrected chi connectivity index (χ4v) is 7.11. The highest BCUT2D eigenvalue weighted by Gasteiger charge is 2.29. The minimum Gasteiger partial charge on any atom is -0.126 e. The smallest absolute Gasteiger partial charge is 0.126 e. The SMILES string of the molecule is C=C[Si](C)(C=C)CC[Si](Cl)(Cl)Cl. The van der Waals surface area contributed by atoms with Crippen molar-refractivity contribution in [1.29, 1.82) is 0 Å². The van der Waals surface area contributed by atoms with Gasteiger partial charge in [-0.1, -0.05) is 17.9 Å². The van der Waals surface area contributed by atoms with Gasteiger partial charge in [0.25, 0.3) is 0 Å².